The fraction of sp³-hybridized carbons (Fsp3) is 0.286. The van der Waals surface area contributed by atoms with Crippen LogP contribution in [-0.2, 0) is 0 Å². The third kappa shape index (κ3) is 5.89. The van der Waals surface area contributed by atoms with Crippen molar-refractivity contribution in [3.05, 3.63) is 59.4 Å². The predicted molar refractivity (Wildman–Crippen MR) is 94.2 cm³/mol. The van der Waals surface area contributed by atoms with Gasteiger partial charge in [0.1, 0.15) is 11.4 Å². The molecule has 0 atom stereocenters. The van der Waals surface area contributed by atoms with E-state index in [1.807, 2.05) is 30.3 Å². The van der Waals surface area contributed by atoms with Crippen molar-refractivity contribution in [2.24, 2.45) is 0 Å². The summed E-state index contributed by atoms with van der Waals surface area (Å²) >= 11 is 0. The number of aromatic nitrogens is 1. The lowest BCUT2D eigenvalue weighted by molar-refractivity contribution is 0.305. The summed E-state index contributed by atoms with van der Waals surface area (Å²) in [6.45, 7) is 2.98. The highest BCUT2D eigenvalue weighted by Crippen LogP contribution is 2.12. The molecule has 0 fully saturated rings. The molecule has 2 aromatic rings. The number of terminal acetylenes is 1. The summed E-state index contributed by atoms with van der Waals surface area (Å²) in [5, 5.41) is 0. The van der Waals surface area contributed by atoms with E-state index in [1.54, 1.807) is 12.3 Å². The molecular weight excluding hydrogens is 282 g/mol. The predicted octanol–water partition coefficient (Wildman–Crippen LogP) is 4.42. The summed E-state index contributed by atoms with van der Waals surface area (Å²) in [6.07, 6.45) is 11.8. The van der Waals surface area contributed by atoms with Crippen LogP contribution in [-0.4, -0.2) is 11.6 Å². The van der Waals surface area contributed by atoms with Crippen LogP contribution in [0.25, 0.3) is 0 Å². The molecule has 0 saturated carbocycles. The topological polar surface area (TPSA) is 22.1 Å². The van der Waals surface area contributed by atoms with Crippen molar-refractivity contribution in [1.29, 1.82) is 0 Å². The molecule has 2 heteroatoms. The number of hydrogen-bond donors (Lipinski definition) is 0. The van der Waals surface area contributed by atoms with Gasteiger partial charge in [-0.3, -0.25) is 0 Å². The van der Waals surface area contributed by atoms with Crippen molar-refractivity contribution in [3.63, 3.8) is 0 Å². The summed E-state index contributed by atoms with van der Waals surface area (Å²) in [6, 6.07) is 11.5. The molecule has 116 valence electrons. The van der Waals surface area contributed by atoms with Crippen molar-refractivity contribution in [1.82, 2.24) is 4.98 Å². The number of rotatable bonds is 6. The third-order valence-corrected chi connectivity index (χ3v) is 3.38. The quantitative estimate of drug-likeness (QED) is 0.582. The minimum absolute atomic E-state index is 0.621. The van der Waals surface area contributed by atoms with E-state index >= 15 is 0 Å². The summed E-state index contributed by atoms with van der Waals surface area (Å²) in [5.41, 5.74) is 2.42. The molecule has 2 rings (SSSR count). The molecule has 0 amide bonds. The zero-order valence-corrected chi connectivity index (χ0v) is 13.5. The Kier molecular flexibility index (Phi) is 6.76. The first kappa shape index (κ1) is 16.7. The summed E-state index contributed by atoms with van der Waals surface area (Å²) in [5.74, 6) is 9.57. The summed E-state index contributed by atoms with van der Waals surface area (Å²) < 4.78 is 5.72. The number of benzene rings is 1. The van der Waals surface area contributed by atoms with Gasteiger partial charge in [-0.15, -0.1) is 6.42 Å². The minimum atomic E-state index is 0.621. The number of pyridine rings is 1. The Labute approximate surface area is 138 Å². The molecular formula is C21H21NO. The van der Waals surface area contributed by atoms with Gasteiger partial charge in [-0.25, -0.2) is 4.98 Å². The molecule has 0 spiro atoms. The standard InChI is InChI=1S/C21H21NO/c1-3-5-6-7-16-23-21-14-11-18(12-15-21)8-9-19-10-13-20(4-2)22-17-19/h2,10-15,17H,3,5-7,16H2,1H3. The van der Waals surface area contributed by atoms with Crippen molar-refractivity contribution in [2.75, 3.05) is 6.61 Å². The van der Waals surface area contributed by atoms with Gasteiger partial charge in [0.2, 0.25) is 0 Å². The lowest BCUT2D eigenvalue weighted by Crippen LogP contribution is -1.96. The van der Waals surface area contributed by atoms with Crippen LogP contribution in [0, 0.1) is 24.2 Å². The maximum absolute atomic E-state index is 5.72. The first-order chi connectivity index (χ1) is 11.3. The van der Waals surface area contributed by atoms with Gasteiger partial charge in [-0.2, -0.15) is 0 Å². The Hall–Kier alpha value is -2.71. The van der Waals surface area contributed by atoms with Crippen LogP contribution >= 0.6 is 0 Å². The van der Waals surface area contributed by atoms with Crippen molar-refractivity contribution >= 4 is 0 Å². The Balaban J connectivity index is 1.87. The molecule has 1 aromatic carbocycles. The highest BCUT2D eigenvalue weighted by Gasteiger charge is 1.95. The molecule has 1 aromatic heterocycles. The number of hydrogen-bond acceptors (Lipinski definition) is 2. The molecule has 0 aliphatic rings. The van der Waals surface area contributed by atoms with Gasteiger partial charge in [0.25, 0.3) is 0 Å². The van der Waals surface area contributed by atoms with Gasteiger partial charge in [0.05, 0.1) is 6.61 Å². The smallest absolute Gasteiger partial charge is 0.119 e. The normalized spacial score (nSPS) is 9.57. The highest BCUT2D eigenvalue weighted by molar-refractivity contribution is 5.44. The second-order valence-corrected chi connectivity index (χ2v) is 5.26. The molecule has 0 N–H and O–H groups in total. The molecule has 1 heterocycles. The molecule has 0 unspecified atom stereocenters. The van der Waals surface area contributed by atoms with E-state index in [4.69, 9.17) is 11.2 Å². The van der Waals surface area contributed by atoms with E-state index < -0.39 is 0 Å². The fourth-order valence-corrected chi connectivity index (χ4v) is 2.05. The second kappa shape index (κ2) is 9.34. The van der Waals surface area contributed by atoms with E-state index in [0.717, 1.165) is 29.9 Å². The van der Waals surface area contributed by atoms with Crippen LogP contribution in [0.2, 0.25) is 0 Å². The Bertz CT molecular complexity index is 697. The average molecular weight is 303 g/mol. The van der Waals surface area contributed by atoms with Crippen LogP contribution in [0.4, 0.5) is 0 Å². The average Bonchev–Trinajstić information content (AvgIpc) is 2.61. The molecule has 0 bridgehead atoms. The zero-order valence-electron chi connectivity index (χ0n) is 13.5. The van der Waals surface area contributed by atoms with Crippen LogP contribution < -0.4 is 4.74 Å². The van der Waals surface area contributed by atoms with Crippen molar-refractivity contribution < 1.29 is 4.74 Å². The van der Waals surface area contributed by atoms with E-state index in [-0.39, 0.29) is 0 Å². The molecule has 0 saturated heterocycles. The summed E-state index contributed by atoms with van der Waals surface area (Å²) in [7, 11) is 0. The van der Waals surface area contributed by atoms with Gasteiger partial charge >= 0.3 is 0 Å². The van der Waals surface area contributed by atoms with Gasteiger partial charge in [-0.1, -0.05) is 43.9 Å². The van der Waals surface area contributed by atoms with Crippen LogP contribution in [0.1, 0.15) is 49.4 Å². The molecule has 0 aliphatic carbocycles. The van der Waals surface area contributed by atoms with Crippen molar-refractivity contribution in [2.45, 2.75) is 32.6 Å². The second-order valence-electron chi connectivity index (χ2n) is 5.26. The molecule has 0 radical (unpaired) electrons. The fourth-order valence-electron chi connectivity index (χ4n) is 2.05. The first-order valence-corrected chi connectivity index (χ1v) is 7.99. The largest absolute Gasteiger partial charge is 0.494 e. The SMILES string of the molecule is C#Cc1ccc(C#Cc2ccc(OCCCCCC)cc2)cn1. The third-order valence-electron chi connectivity index (χ3n) is 3.38. The Morgan fingerprint density at radius 1 is 0.957 bits per heavy atom. The summed E-state index contributed by atoms with van der Waals surface area (Å²) in [4.78, 5) is 4.12. The molecule has 0 aliphatic heterocycles. The van der Waals surface area contributed by atoms with E-state index in [0.29, 0.717) is 5.69 Å². The van der Waals surface area contributed by atoms with Gasteiger partial charge < -0.3 is 4.74 Å². The lowest BCUT2D eigenvalue weighted by atomic mass is 10.2. The highest BCUT2D eigenvalue weighted by atomic mass is 16.5. The van der Waals surface area contributed by atoms with E-state index in [2.05, 4.69) is 29.7 Å². The molecule has 23 heavy (non-hydrogen) atoms. The maximum Gasteiger partial charge on any atom is 0.119 e. The monoisotopic (exact) mass is 303 g/mol. The Morgan fingerprint density at radius 3 is 2.35 bits per heavy atom. The minimum Gasteiger partial charge on any atom is -0.494 e. The van der Waals surface area contributed by atoms with Crippen molar-refractivity contribution in [3.8, 4) is 29.9 Å². The van der Waals surface area contributed by atoms with Gasteiger partial charge in [-0.05, 0) is 42.8 Å². The Morgan fingerprint density at radius 2 is 1.70 bits per heavy atom. The van der Waals surface area contributed by atoms with E-state index in [9.17, 15) is 0 Å². The number of unbranched alkanes of at least 4 members (excludes halogenated alkanes) is 3. The van der Waals surface area contributed by atoms with Gasteiger partial charge in [0, 0.05) is 17.3 Å². The molecule has 2 nitrogen and oxygen atoms in total. The lowest BCUT2D eigenvalue weighted by Gasteiger charge is -2.05. The van der Waals surface area contributed by atoms with Gasteiger partial charge in [0.15, 0.2) is 0 Å². The maximum atomic E-state index is 5.72. The number of nitrogens with zero attached hydrogens (tertiary/aromatic N) is 1. The van der Waals surface area contributed by atoms with Crippen LogP contribution in [0.5, 0.6) is 5.75 Å². The van der Waals surface area contributed by atoms with Crippen LogP contribution in [0.15, 0.2) is 42.6 Å². The zero-order chi connectivity index (χ0) is 16.3. The van der Waals surface area contributed by atoms with E-state index in [1.165, 1.54) is 19.3 Å². The first-order valence-electron chi connectivity index (χ1n) is 7.99. The van der Waals surface area contributed by atoms with Crippen LogP contribution in [0.3, 0.4) is 0 Å². The number of ether oxygens (including phenoxy) is 1.